The minimum atomic E-state index is -3.99. The molecule has 118 valence electrons. The van der Waals surface area contributed by atoms with Gasteiger partial charge < -0.3 is 4.74 Å². The lowest BCUT2D eigenvalue weighted by atomic mass is 10.1. The van der Waals surface area contributed by atoms with Crippen LogP contribution in [0.25, 0.3) is 0 Å². The average Bonchev–Trinajstić information content (AvgIpc) is 2.34. The molecule has 0 aliphatic rings. The summed E-state index contributed by atoms with van der Waals surface area (Å²) in [6.07, 6.45) is 1.93. The van der Waals surface area contributed by atoms with Crippen molar-refractivity contribution in [3.63, 3.8) is 0 Å². The molecule has 0 radical (unpaired) electrons. The summed E-state index contributed by atoms with van der Waals surface area (Å²) in [6, 6.07) is 2.42. The predicted octanol–water partition coefficient (Wildman–Crippen LogP) is 4.62. The number of halogens is 3. The van der Waals surface area contributed by atoms with Crippen molar-refractivity contribution in [1.29, 1.82) is 0 Å². The average molecular weight is 418 g/mol. The van der Waals surface area contributed by atoms with E-state index in [-0.39, 0.29) is 32.5 Å². The molecule has 1 aromatic carbocycles. The summed E-state index contributed by atoms with van der Waals surface area (Å²) < 4.78 is 28.2. The molecule has 0 heterocycles. The molecule has 0 bridgehead atoms. The summed E-state index contributed by atoms with van der Waals surface area (Å²) >= 11 is 9.00. The second kappa shape index (κ2) is 7.81. The van der Waals surface area contributed by atoms with Gasteiger partial charge in [-0.1, -0.05) is 31.9 Å². The lowest BCUT2D eigenvalue weighted by Gasteiger charge is -2.12. The van der Waals surface area contributed by atoms with Gasteiger partial charge in [-0.2, -0.15) is 0 Å². The van der Waals surface area contributed by atoms with Gasteiger partial charge in [-0.3, -0.25) is 0 Å². The molecule has 0 fully saturated rings. The van der Waals surface area contributed by atoms with E-state index >= 15 is 0 Å². The zero-order chi connectivity index (χ0) is 16.2. The quantitative estimate of drug-likeness (QED) is 0.500. The third-order valence-corrected chi connectivity index (χ3v) is 5.38. The minimum Gasteiger partial charge on any atom is -0.462 e. The van der Waals surface area contributed by atoms with Crippen molar-refractivity contribution in [2.24, 2.45) is 5.92 Å². The molecular weight excluding hydrogens is 403 g/mol. The van der Waals surface area contributed by atoms with E-state index in [0.29, 0.717) is 0 Å². The van der Waals surface area contributed by atoms with Crippen molar-refractivity contribution in [2.75, 3.05) is 6.61 Å². The van der Waals surface area contributed by atoms with E-state index < -0.39 is 15.0 Å². The Balaban J connectivity index is 3.00. The van der Waals surface area contributed by atoms with E-state index in [1.54, 1.807) is 0 Å². The van der Waals surface area contributed by atoms with Crippen LogP contribution < -0.4 is 0 Å². The third-order valence-electron chi connectivity index (χ3n) is 2.78. The highest BCUT2D eigenvalue weighted by atomic mass is 79.9. The highest BCUT2D eigenvalue weighted by Gasteiger charge is 2.21. The molecule has 0 aliphatic carbocycles. The zero-order valence-electron chi connectivity index (χ0n) is 11.5. The Kier molecular flexibility index (Phi) is 6.97. The largest absolute Gasteiger partial charge is 0.462 e. The van der Waals surface area contributed by atoms with E-state index in [1.807, 2.05) is 13.8 Å². The van der Waals surface area contributed by atoms with Crippen LogP contribution in [0.3, 0.4) is 0 Å². The number of benzene rings is 1. The van der Waals surface area contributed by atoms with Crippen molar-refractivity contribution >= 4 is 53.2 Å². The maximum Gasteiger partial charge on any atom is 0.339 e. The Morgan fingerprint density at radius 1 is 1.43 bits per heavy atom. The number of hydrogen-bond acceptors (Lipinski definition) is 4. The molecule has 0 aromatic heterocycles. The van der Waals surface area contributed by atoms with Crippen LogP contribution in [-0.4, -0.2) is 21.0 Å². The molecule has 0 saturated carbocycles. The van der Waals surface area contributed by atoms with E-state index in [9.17, 15) is 13.2 Å². The first-order valence-electron chi connectivity index (χ1n) is 6.27. The van der Waals surface area contributed by atoms with Crippen LogP contribution in [0.15, 0.2) is 21.5 Å². The Morgan fingerprint density at radius 3 is 2.57 bits per heavy atom. The summed E-state index contributed by atoms with van der Waals surface area (Å²) in [7, 11) is 1.32. The molecule has 0 N–H and O–H groups in total. The van der Waals surface area contributed by atoms with Crippen molar-refractivity contribution < 1.29 is 17.9 Å². The highest BCUT2D eigenvalue weighted by Crippen LogP contribution is 2.31. The van der Waals surface area contributed by atoms with Crippen LogP contribution >= 0.6 is 38.2 Å². The lowest BCUT2D eigenvalue weighted by Crippen LogP contribution is -2.13. The minimum absolute atomic E-state index is 0.0252. The molecule has 1 aromatic rings. The van der Waals surface area contributed by atoms with Gasteiger partial charge in [0.15, 0.2) is 0 Å². The Hall–Kier alpha value is -0.300. The van der Waals surface area contributed by atoms with Crippen LogP contribution in [0.5, 0.6) is 0 Å². The molecule has 1 unspecified atom stereocenters. The molecule has 1 rings (SSSR count). The predicted molar refractivity (Wildman–Crippen MR) is 86.5 cm³/mol. The number of carbonyl (C=O) groups excluding carboxylic acids is 1. The van der Waals surface area contributed by atoms with Gasteiger partial charge in [-0.25, -0.2) is 13.2 Å². The number of ether oxygens (including phenoxy) is 1. The Labute approximate surface area is 142 Å². The lowest BCUT2D eigenvalue weighted by molar-refractivity contribution is 0.0443. The number of rotatable bonds is 6. The van der Waals surface area contributed by atoms with Gasteiger partial charge in [0.2, 0.25) is 0 Å². The number of esters is 1. The van der Waals surface area contributed by atoms with Gasteiger partial charge >= 0.3 is 5.97 Å². The molecular formula is C13H15BrCl2O4S. The maximum atomic E-state index is 12.0. The van der Waals surface area contributed by atoms with Gasteiger partial charge in [0.1, 0.15) is 0 Å². The van der Waals surface area contributed by atoms with Crippen LogP contribution in [-0.2, 0) is 13.8 Å². The van der Waals surface area contributed by atoms with Crippen molar-refractivity contribution in [3.8, 4) is 0 Å². The molecule has 0 spiro atoms. The van der Waals surface area contributed by atoms with Gasteiger partial charge in [-0.15, -0.1) is 0 Å². The van der Waals surface area contributed by atoms with Crippen LogP contribution in [0.2, 0.25) is 5.02 Å². The first kappa shape index (κ1) is 18.7. The molecule has 21 heavy (non-hydrogen) atoms. The van der Waals surface area contributed by atoms with Crippen LogP contribution in [0, 0.1) is 5.92 Å². The maximum absolute atomic E-state index is 12.0. The van der Waals surface area contributed by atoms with Gasteiger partial charge in [-0.05, 0) is 40.4 Å². The van der Waals surface area contributed by atoms with E-state index in [0.717, 1.165) is 18.9 Å². The number of hydrogen-bond donors (Lipinski definition) is 0. The Morgan fingerprint density at radius 2 is 2.05 bits per heavy atom. The summed E-state index contributed by atoms with van der Waals surface area (Å²) in [5.74, 6) is -0.443. The first-order valence-corrected chi connectivity index (χ1v) is 9.75. The SMILES string of the molecule is CCCC(C)COC(=O)c1cc(S(=O)(=O)Cl)c(Br)cc1Cl. The van der Waals surface area contributed by atoms with E-state index in [1.165, 1.54) is 6.07 Å². The smallest absolute Gasteiger partial charge is 0.339 e. The fourth-order valence-corrected chi connectivity index (χ4v) is 4.31. The standard InChI is InChI=1S/C13H15BrCl2O4S/c1-3-4-8(2)7-20-13(17)9-5-12(21(16,18)19)10(14)6-11(9)15/h5-6,8H,3-4,7H2,1-2H3. The van der Waals surface area contributed by atoms with Gasteiger partial charge in [0.05, 0.1) is 22.1 Å². The highest BCUT2D eigenvalue weighted by molar-refractivity contribution is 9.10. The van der Waals surface area contributed by atoms with Gasteiger partial charge in [0, 0.05) is 15.2 Å². The zero-order valence-corrected chi connectivity index (χ0v) is 15.4. The summed E-state index contributed by atoms with van der Waals surface area (Å²) in [6.45, 7) is 4.26. The van der Waals surface area contributed by atoms with Crippen molar-refractivity contribution in [1.82, 2.24) is 0 Å². The summed E-state index contributed by atoms with van der Waals surface area (Å²) in [5.41, 5.74) is -0.0252. The van der Waals surface area contributed by atoms with Crippen LogP contribution in [0.1, 0.15) is 37.0 Å². The topological polar surface area (TPSA) is 60.4 Å². The monoisotopic (exact) mass is 416 g/mol. The molecule has 8 heteroatoms. The normalized spacial score (nSPS) is 13.0. The number of carbonyl (C=O) groups is 1. The molecule has 0 aliphatic heterocycles. The van der Waals surface area contributed by atoms with Crippen LogP contribution in [0.4, 0.5) is 0 Å². The third kappa shape index (κ3) is 5.43. The van der Waals surface area contributed by atoms with E-state index in [4.69, 9.17) is 27.0 Å². The molecule has 1 atom stereocenters. The molecule has 0 amide bonds. The second-order valence-corrected chi connectivity index (χ2v) is 8.49. The molecule has 0 saturated heterocycles. The fourth-order valence-electron chi connectivity index (χ4n) is 1.74. The first-order chi connectivity index (χ1) is 9.66. The molecule has 4 nitrogen and oxygen atoms in total. The fraction of sp³-hybridized carbons (Fsp3) is 0.462. The second-order valence-electron chi connectivity index (χ2n) is 4.69. The summed E-state index contributed by atoms with van der Waals surface area (Å²) in [4.78, 5) is 11.8. The summed E-state index contributed by atoms with van der Waals surface area (Å²) in [5, 5.41) is 0.0964. The van der Waals surface area contributed by atoms with Crippen molar-refractivity contribution in [2.45, 2.75) is 31.6 Å². The van der Waals surface area contributed by atoms with Gasteiger partial charge in [0.25, 0.3) is 9.05 Å². The van der Waals surface area contributed by atoms with Crippen molar-refractivity contribution in [3.05, 3.63) is 27.2 Å². The van der Waals surface area contributed by atoms with E-state index in [2.05, 4.69) is 15.9 Å². The Bertz CT molecular complexity index is 631.